The predicted molar refractivity (Wildman–Crippen MR) is 98.5 cm³/mol. The minimum Gasteiger partial charge on any atom is -0.492 e. The topological polar surface area (TPSA) is 97.4 Å². The Morgan fingerprint density at radius 3 is 2.62 bits per heavy atom. The molecule has 0 aliphatic carbocycles. The molecule has 2 aromatic rings. The molecule has 0 saturated carbocycles. The second-order valence-corrected chi connectivity index (χ2v) is 7.56. The molecule has 0 spiro atoms. The van der Waals surface area contributed by atoms with Gasteiger partial charge in [-0.3, -0.25) is 9.78 Å². The highest BCUT2D eigenvalue weighted by Crippen LogP contribution is 2.27. The minimum absolute atomic E-state index is 0.111. The van der Waals surface area contributed by atoms with Crippen LogP contribution in [-0.4, -0.2) is 32.0 Å². The first-order valence-corrected chi connectivity index (χ1v) is 9.81. The van der Waals surface area contributed by atoms with E-state index in [1.807, 2.05) is 0 Å². The van der Waals surface area contributed by atoms with Crippen molar-refractivity contribution in [3.8, 4) is 5.75 Å². The zero-order valence-corrected chi connectivity index (χ0v) is 16.0. The number of benzene rings is 1. The standard InChI is InChI=1S/C17H20ClN3O4S/c1-3-25-15-5-4-14(18)10-16(15)26(23,24)21-12(2)17(22)20-11-13-6-8-19-9-7-13/h4-10,12,21H,3,11H2,1-2H3,(H,20,22). The molecule has 0 bridgehead atoms. The summed E-state index contributed by atoms with van der Waals surface area (Å²) < 4.78 is 32.9. The van der Waals surface area contributed by atoms with Crippen LogP contribution in [0.1, 0.15) is 19.4 Å². The number of rotatable bonds is 8. The van der Waals surface area contributed by atoms with Crippen LogP contribution in [0.3, 0.4) is 0 Å². The highest BCUT2D eigenvalue weighted by atomic mass is 35.5. The van der Waals surface area contributed by atoms with Gasteiger partial charge >= 0.3 is 0 Å². The van der Waals surface area contributed by atoms with Gasteiger partial charge in [0.15, 0.2) is 0 Å². The highest BCUT2D eigenvalue weighted by molar-refractivity contribution is 7.89. The molecule has 0 aliphatic heterocycles. The van der Waals surface area contributed by atoms with Crippen molar-refractivity contribution in [1.29, 1.82) is 0 Å². The van der Waals surface area contributed by atoms with Gasteiger partial charge in [0, 0.05) is 24.0 Å². The zero-order valence-electron chi connectivity index (χ0n) is 14.4. The number of ether oxygens (including phenoxy) is 1. The van der Waals surface area contributed by atoms with Gasteiger partial charge in [0.2, 0.25) is 15.9 Å². The lowest BCUT2D eigenvalue weighted by molar-refractivity contribution is -0.122. The number of hydrogen-bond acceptors (Lipinski definition) is 5. The quantitative estimate of drug-likeness (QED) is 0.711. The highest BCUT2D eigenvalue weighted by Gasteiger charge is 2.25. The third kappa shape index (κ3) is 5.42. The Morgan fingerprint density at radius 2 is 1.96 bits per heavy atom. The molecular weight excluding hydrogens is 378 g/mol. The molecular formula is C17H20ClN3O4S. The van der Waals surface area contributed by atoms with E-state index in [2.05, 4.69) is 15.0 Å². The molecule has 1 amide bonds. The summed E-state index contributed by atoms with van der Waals surface area (Å²) in [6.07, 6.45) is 3.23. The van der Waals surface area contributed by atoms with Gasteiger partial charge in [-0.15, -0.1) is 0 Å². The van der Waals surface area contributed by atoms with Crippen LogP contribution in [0.15, 0.2) is 47.6 Å². The number of aromatic nitrogens is 1. The fourth-order valence-corrected chi connectivity index (χ4v) is 3.77. The van der Waals surface area contributed by atoms with Crippen molar-refractivity contribution in [3.05, 3.63) is 53.3 Å². The van der Waals surface area contributed by atoms with E-state index in [0.29, 0.717) is 6.61 Å². The van der Waals surface area contributed by atoms with E-state index in [9.17, 15) is 13.2 Å². The molecule has 2 rings (SSSR count). The molecule has 0 aliphatic rings. The second kappa shape index (κ2) is 8.98. The summed E-state index contributed by atoms with van der Waals surface area (Å²) in [6.45, 7) is 3.78. The summed E-state index contributed by atoms with van der Waals surface area (Å²) >= 11 is 5.91. The Kier molecular flexibility index (Phi) is 6.96. The lowest BCUT2D eigenvalue weighted by atomic mass is 10.2. The van der Waals surface area contributed by atoms with E-state index in [1.165, 1.54) is 25.1 Å². The third-order valence-corrected chi connectivity index (χ3v) is 5.23. The summed E-state index contributed by atoms with van der Waals surface area (Å²) in [5.41, 5.74) is 0.858. The van der Waals surface area contributed by atoms with Gasteiger partial charge in [-0.1, -0.05) is 11.6 Å². The lowest BCUT2D eigenvalue weighted by Gasteiger charge is -2.16. The fourth-order valence-electron chi connectivity index (χ4n) is 2.16. The van der Waals surface area contributed by atoms with Crippen molar-refractivity contribution in [2.24, 2.45) is 0 Å². The fraction of sp³-hybridized carbons (Fsp3) is 0.294. The Labute approximate surface area is 157 Å². The number of halogens is 1. The third-order valence-electron chi connectivity index (χ3n) is 3.44. The summed E-state index contributed by atoms with van der Waals surface area (Å²) in [4.78, 5) is 16.0. The number of carbonyl (C=O) groups excluding carboxylic acids is 1. The van der Waals surface area contributed by atoms with Crippen molar-refractivity contribution < 1.29 is 17.9 Å². The van der Waals surface area contributed by atoms with Crippen LogP contribution < -0.4 is 14.8 Å². The summed E-state index contributed by atoms with van der Waals surface area (Å²) in [7, 11) is -3.99. The molecule has 9 heteroatoms. The van der Waals surface area contributed by atoms with Gasteiger partial charge in [0.25, 0.3) is 0 Å². The number of nitrogens with zero attached hydrogens (tertiary/aromatic N) is 1. The van der Waals surface area contributed by atoms with Crippen LogP contribution in [-0.2, 0) is 21.4 Å². The number of hydrogen-bond donors (Lipinski definition) is 2. The Balaban J connectivity index is 2.08. The average Bonchev–Trinajstić information content (AvgIpc) is 2.61. The van der Waals surface area contributed by atoms with Crippen LogP contribution in [0.2, 0.25) is 5.02 Å². The number of pyridine rings is 1. The molecule has 1 unspecified atom stereocenters. The smallest absolute Gasteiger partial charge is 0.245 e. The van der Waals surface area contributed by atoms with Crippen LogP contribution in [0.5, 0.6) is 5.75 Å². The summed E-state index contributed by atoms with van der Waals surface area (Å²) in [5.74, 6) is -0.279. The van der Waals surface area contributed by atoms with Gasteiger partial charge in [-0.25, -0.2) is 8.42 Å². The second-order valence-electron chi connectivity index (χ2n) is 5.44. The normalized spacial score (nSPS) is 12.4. The number of carbonyl (C=O) groups is 1. The Bertz CT molecular complexity index is 860. The van der Waals surface area contributed by atoms with Crippen LogP contribution >= 0.6 is 11.6 Å². The maximum Gasteiger partial charge on any atom is 0.245 e. The van der Waals surface area contributed by atoms with Gasteiger partial charge in [0.05, 0.1) is 12.6 Å². The van der Waals surface area contributed by atoms with Gasteiger partial charge in [-0.2, -0.15) is 4.72 Å². The first-order chi connectivity index (χ1) is 12.3. The average molecular weight is 398 g/mol. The predicted octanol–water partition coefficient (Wildman–Crippen LogP) is 2.12. The van der Waals surface area contributed by atoms with E-state index in [0.717, 1.165) is 5.56 Å². The molecule has 1 aromatic carbocycles. The maximum absolute atomic E-state index is 12.6. The maximum atomic E-state index is 12.6. The molecule has 1 aromatic heterocycles. The molecule has 0 fully saturated rings. The molecule has 1 heterocycles. The van der Waals surface area contributed by atoms with Gasteiger partial charge in [-0.05, 0) is 49.7 Å². The number of nitrogens with one attached hydrogen (secondary N) is 2. The van der Waals surface area contributed by atoms with E-state index in [4.69, 9.17) is 16.3 Å². The van der Waals surface area contributed by atoms with Crippen LogP contribution in [0.4, 0.5) is 0 Å². The van der Waals surface area contributed by atoms with Gasteiger partial charge < -0.3 is 10.1 Å². The van der Waals surface area contributed by atoms with E-state index in [-0.39, 0.29) is 22.2 Å². The van der Waals surface area contributed by atoms with Crippen molar-refractivity contribution in [2.45, 2.75) is 31.3 Å². The minimum atomic E-state index is -3.99. The summed E-state index contributed by atoms with van der Waals surface area (Å²) in [6, 6.07) is 6.85. The Hall–Kier alpha value is -2.16. The molecule has 1 atom stereocenters. The first kappa shape index (κ1) is 20.2. The molecule has 7 nitrogen and oxygen atoms in total. The van der Waals surface area contributed by atoms with Gasteiger partial charge in [0.1, 0.15) is 10.6 Å². The van der Waals surface area contributed by atoms with E-state index >= 15 is 0 Å². The SMILES string of the molecule is CCOc1ccc(Cl)cc1S(=O)(=O)NC(C)C(=O)NCc1ccncc1. The molecule has 140 valence electrons. The van der Waals surface area contributed by atoms with Crippen molar-refractivity contribution in [1.82, 2.24) is 15.0 Å². The largest absolute Gasteiger partial charge is 0.492 e. The van der Waals surface area contributed by atoms with Crippen molar-refractivity contribution >= 4 is 27.5 Å². The van der Waals surface area contributed by atoms with Crippen LogP contribution in [0, 0.1) is 0 Å². The zero-order chi connectivity index (χ0) is 19.2. The summed E-state index contributed by atoms with van der Waals surface area (Å²) in [5, 5.41) is 2.93. The monoisotopic (exact) mass is 397 g/mol. The molecule has 0 saturated heterocycles. The number of sulfonamides is 1. The first-order valence-electron chi connectivity index (χ1n) is 7.94. The molecule has 0 radical (unpaired) electrons. The Morgan fingerprint density at radius 1 is 1.27 bits per heavy atom. The van der Waals surface area contributed by atoms with Crippen molar-refractivity contribution in [3.63, 3.8) is 0 Å². The van der Waals surface area contributed by atoms with Crippen molar-refractivity contribution in [2.75, 3.05) is 6.61 Å². The molecule has 2 N–H and O–H groups in total. The lowest BCUT2D eigenvalue weighted by Crippen LogP contribution is -2.44. The molecule has 26 heavy (non-hydrogen) atoms. The van der Waals surface area contributed by atoms with E-state index < -0.39 is 22.0 Å². The number of amides is 1. The van der Waals surface area contributed by atoms with Crippen LogP contribution in [0.25, 0.3) is 0 Å². The van der Waals surface area contributed by atoms with E-state index in [1.54, 1.807) is 31.5 Å².